The summed E-state index contributed by atoms with van der Waals surface area (Å²) in [6.45, 7) is 8.19. The number of aliphatic hydroxyl groups excluding tert-OH is 1. The van der Waals surface area contributed by atoms with Crippen LogP contribution in [0, 0.1) is 5.92 Å². The number of likely N-dealkylation sites (tertiary alicyclic amines) is 1. The van der Waals surface area contributed by atoms with Gasteiger partial charge in [-0.05, 0) is 19.4 Å². The lowest BCUT2D eigenvalue weighted by atomic mass is 9.97. The summed E-state index contributed by atoms with van der Waals surface area (Å²) in [7, 11) is 2.10. The van der Waals surface area contributed by atoms with Crippen LogP contribution in [-0.4, -0.2) is 42.7 Å². The van der Waals surface area contributed by atoms with Gasteiger partial charge in [-0.15, -0.1) is 0 Å². The van der Waals surface area contributed by atoms with Crippen molar-refractivity contribution in [3.8, 4) is 0 Å². The molecule has 1 saturated heterocycles. The zero-order valence-corrected chi connectivity index (χ0v) is 9.73. The van der Waals surface area contributed by atoms with E-state index in [2.05, 4.69) is 24.6 Å². The van der Waals surface area contributed by atoms with E-state index in [-0.39, 0.29) is 12.5 Å². The van der Waals surface area contributed by atoms with E-state index in [9.17, 15) is 5.11 Å². The van der Waals surface area contributed by atoms with Gasteiger partial charge in [0, 0.05) is 13.1 Å². The molecule has 1 fully saturated rings. The van der Waals surface area contributed by atoms with Crippen molar-refractivity contribution in [3.63, 3.8) is 0 Å². The molecule has 2 atom stereocenters. The predicted octanol–water partition coefficient (Wildman–Crippen LogP) is 0.447. The average molecular weight is 204 g/mol. The number of hydrogen-bond donors (Lipinski definition) is 2. The summed E-state index contributed by atoms with van der Waals surface area (Å²) >= 11 is 0. The first kappa shape index (κ1) is 15.8. The van der Waals surface area contributed by atoms with Crippen molar-refractivity contribution < 1.29 is 9.90 Å². The zero-order valence-electron chi connectivity index (χ0n) is 9.73. The summed E-state index contributed by atoms with van der Waals surface area (Å²) in [5.41, 5.74) is 4.17. The normalized spacial score (nSPS) is 26.4. The fraction of sp³-hybridized carbons (Fsp3) is 0.900. The van der Waals surface area contributed by atoms with Gasteiger partial charge in [-0.3, -0.25) is 4.79 Å². The maximum absolute atomic E-state index is 9.27. The number of rotatable bonds is 0. The van der Waals surface area contributed by atoms with Crippen molar-refractivity contribution in [2.24, 2.45) is 11.7 Å². The van der Waals surface area contributed by atoms with Crippen molar-refractivity contribution in [2.45, 2.75) is 33.3 Å². The highest BCUT2D eigenvalue weighted by atomic mass is 16.3. The molecule has 1 aliphatic heterocycles. The van der Waals surface area contributed by atoms with Crippen LogP contribution in [0.25, 0.3) is 0 Å². The van der Waals surface area contributed by atoms with E-state index in [4.69, 9.17) is 4.79 Å². The van der Waals surface area contributed by atoms with Crippen LogP contribution in [0.1, 0.15) is 27.2 Å². The molecule has 0 spiro atoms. The number of carbonyl (C=O) groups excluding carboxylic acids is 1. The first-order valence-corrected chi connectivity index (χ1v) is 5.13. The number of primary amides is 1. The van der Waals surface area contributed by atoms with Gasteiger partial charge >= 0.3 is 0 Å². The third kappa shape index (κ3) is 8.01. The van der Waals surface area contributed by atoms with Gasteiger partial charge in [0.05, 0.1) is 6.10 Å². The quantitative estimate of drug-likeness (QED) is 0.563. The molecule has 14 heavy (non-hydrogen) atoms. The third-order valence-corrected chi connectivity index (χ3v) is 2.06. The molecular formula is C10H24N2O2. The Morgan fingerprint density at radius 1 is 1.50 bits per heavy atom. The molecule has 0 aromatic heterocycles. The number of nitrogens with zero attached hydrogens (tertiary/aromatic N) is 1. The van der Waals surface area contributed by atoms with Gasteiger partial charge in [0.1, 0.15) is 0 Å². The van der Waals surface area contributed by atoms with Crippen LogP contribution in [0.4, 0.5) is 0 Å². The Morgan fingerprint density at radius 3 is 2.21 bits per heavy atom. The molecule has 2 unspecified atom stereocenters. The molecule has 0 radical (unpaired) electrons. The molecular weight excluding hydrogens is 180 g/mol. The Kier molecular flexibility index (Phi) is 11.9. The fourth-order valence-electron chi connectivity index (χ4n) is 1.34. The average Bonchev–Trinajstić information content (AvgIpc) is 2.17. The Balaban J connectivity index is 0. The van der Waals surface area contributed by atoms with Crippen LogP contribution >= 0.6 is 0 Å². The van der Waals surface area contributed by atoms with Crippen molar-refractivity contribution in [1.82, 2.24) is 4.90 Å². The maximum Gasteiger partial charge on any atom is 0.204 e. The molecule has 0 bridgehead atoms. The van der Waals surface area contributed by atoms with Gasteiger partial charge in [-0.2, -0.15) is 0 Å². The molecule has 1 rings (SSSR count). The molecule has 1 aliphatic rings. The van der Waals surface area contributed by atoms with E-state index < -0.39 is 0 Å². The van der Waals surface area contributed by atoms with E-state index in [1.165, 1.54) is 0 Å². The van der Waals surface area contributed by atoms with Gasteiger partial charge < -0.3 is 15.7 Å². The highest BCUT2D eigenvalue weighted by Crippen LogP contribution is 2.14. The van der Waals surface area contributed by atoms with E-state index in [1.54, 1.807) is 0 Å². The summed E-state index contributed by atoms with van der Waals surface area (Å²) in [6.07, 6.45) is 1.14. The number of amides is 1. The van der Waals surface area contributed by atoms with Crippen LogP contribution in [-0.2, 0) is 4.79 Å². The van der Waals surface area contributed by atoms with Gasteiger partial charge in [0.15, 0.2) is 0 Å². The molecule has 0 aliphatic carbocycles. The molecule has 0 aromatic rings. The SMILES string of the molecule is CC.CC1CN(C)CCC1O.NC=O. The van der Waals surface area contributed by atoms with Gasteiger partial charge in [0.25, 0.3) is 0 Å². The summed E-state index contributed by atoms with van der Waals surface area (Å²) in [5.74, 6) is 0.462. The topological polar surface area (TPSA) is 66.6 Å². The minimum atomic E-state index is -0.0544. The summed E-state index contributed by atoms with van der Waals surface area (Å²) < 4.78 is 0. The van der Waals surface area contributed by atoms with E-state index in [1.807, 2.05) is 13.8 Å². The molecule has 0 saturated carbocycles. The van der Waals surface area contributed by atoms with Crippen molar-refractivity contribution >= 4 is 6.41 Å². The molecule has 0 aromatic carbocycles. The largest absolute Gasteiger partial charge is 0.393 e. The first-order chi connectivity index (χ1) is 6.61. The Morgan fingerprint density at radius 2 is 1.93 bits per heavy atom. The maximum atomic E-state index is 9.27. The second kappa shape index (κ2) is 10.5. The Bertz CT molecular complexity index is 131. The van der Waals surface area contributed by atoms with Crippen LogP contribution in [0.3, 0.4) is 0 Å². The third-order valence-electron chi connectivity index (χ3n) is 2.06. The van der Waals surface area contributed by atoms with Crippen LogP contribution in [0.15, 0.2) is 0 Å². The molecule has 4 heteroatoms. The number of aliphatic hydroxyl groups is 1. The smallest absolute Gasteiger partial charge is 0.204 e. The monoisotopic (exact) mass is 204 g/mol. The number of hydrogen-bond acceptors (Lipinski definition) is 3. The second-order valence-electron chi connectivity index (χ2n) is 3.23. The molecule has 4 nitrogen and oxygen atoms in total. The highest BCUT2D eigenvalue weighted by Gasteiger charge is 2.21. The first-order valence-electron chi connectivity index (χ1n) is 5.13. The van der Waals surface area contributed by atoms with Crippen molar-refractivity contribution in [1.29, 1.82) is 0 Å². The lowest BCUT2D eigenvalue weighted by Crippen LogP contribution is -2.39. The molecule has 86 valence electrons. The fourth-order valence-corrected chi connectivity index (χ4v) is 1.34. The highest BCUT2D eigenvalue weighted by molar-refractivity contribution is 5.42. The Hall–Kier alpha value is -0.610. The van der Waals surface area contributed by atoms with Gasteiger partial charge in [-0.1, -0.05) is 20.8 Å². The summed E-state index contributed by atoms with van der Waals surface area (Å²) in [4.78, 5) is 10.8. The summed E-state index contributed by atoms with van der Waals surface area (Å²) in [6, 6.07) is 0. The van der Waals surface area contributed by atoms with Crippen molar-refractivity contribution in [2.75, 3.05) is 20.1 Å². The predicted molar refractivity (Wildman–Crippen MR) is 58.9 cm³/mol. The molecule has 1 amide bonds. The van der Waals surface area contributed by atoms with E-state index >= 15 is 0 Å². The van der Waals surface area contributed by atoms with E-state index in [0.29, 0.717) is 5.92 Å². The van der Waals surface area contributed by atoms with Crippen LogP contribution < -0.4 is 5.73 Å². The number of carbonyl (C=O) groups is 1. The van der Waals surface area contributed by atoms with Crippen LogP contribution in [0.2, 0.25) is 0 Å². The Labute approximate surface area is 87.1 Å². The van der Waals surface area contributed by atoms with Crippen LogP contribution in [0.5, 0.6) is 0 Å². The van der Waals surface area contributed by atoms with Gasteiger partial charge in [-0.25, -0.2) is 0 Å². The number of piperidine rings is 1. The molecule has 3 N–H and O–H groups in total. The number of nitrogens with two attached hydrogens (primary N) is 1. The van der Waals surface area contributed by atoms with Gasteiger partial charge in [0.2, 0.25) is 6.41 Å². The molecule has 1 heterocycles. The van der Waals surface area contributed by atoms with Crippen molar-refractivity contribution in [3.05, 3.63) is 0 Å². The lowest BCUT2D eigenvalue weighted by Gasteiger charge is -2.31. The standard InChI is InChI=1S/C7H15NO.C2H6.CH3NO/c1-6-5-8(2)4-3-7(6)9;1-2;2-1-3/h6-7,9H,3-5H2,1-2H3;1-2H3;1H,(H2,2,3). The second-order valence-corrected chi connectivity index (χ2v) is 3.23. The summed E-state index contributed by atoms with van der Waals surface area (Å²) in [5, 5.41) is 9.27. The minimum absolute atomic E-state index is 0.0544. The van der Waals surface area contributed by atoms with E-state index in [0.717, 1.165) is 19.5 Å². The zero-order chi connectivity index (χ0) is 11.6. The minimum Gasteiger partial charge on any atom is -0.393 e. The lowest BCUT2D eigenvalue weighted by molar-refractivity contribution is -0.106.